The number of fused-ring (bicyclic) bond motifs is 2. The smallest absolute Gasteiger partial charge is 0.0718 e. The van der Waals surface area contributed by atoms with Crippen LogP contribution in [0.2, 0.25) is 0 Å². The minimum absolute atomic E-state index is 0.934. The lowest BCUT2D eigenvalue weighted by Gasteiger charge is -2.06. The number of benzene rings is 2. The van der Waals surface area contributed by atoms with Crippen molar-refractivity contribution in [2.24, 2.45) is 0 Å². The Hall–Kier alpha value is -3.78. The van der Waals surface area contributed by atoms with Crippen LogP contribution < -0.4 is 10.4 Å². The van der Waals surface area contributed by atoms with Gasteiger partial charge in [-0.25, -0.2) is 0 Å². The molecule has 0 aliphatic heterocycles. The molecular formula is C28H22N2. The molecule has 30 heavy (non-hydrogen) atoms. The lowest BCUT2D eigenvalue weighted by Crippen LogP contribution is -2.23. The average Bonchev–Trinajstić information content (AvgIpc) is 2.81. The van der Waals surface area contributed by atoms with Gasteiger partial charge in [-0.05, 0) is 53.1 Å². The Morgan fingerprint density at radius 1 is 0.600 bits per heavy atom. The van der Waals surface area contributed by atoms with Crippen molar-refractivity contribution in [3.63, 3.8) is 0 Å². The molecule has 0 bridgehead atoms. The van der Waals surface area contributed by atoms with Gasteiger partial charge in [0, 0.05) is 28.9 Å². The number of para-hydroxylation sites is 1. The minimum atomic E-state index is 0.934. The highest BCUT2D eigenvalue weighted by Gasteiger charge is 2.04. The van der Waals surface area contributed by atoms with Gasteiger partial charge in [-0.2, -0.15) is 0 Å². The van der Waals surface area contributed by atoms with Crippen LogP contribution in [0.4, 0.5) is 0 Å². The maximum absolute atomic E-state index is 4.72. The topological polar surface area (TPSA) is 25.8 Å². The van der Waals surface area contributed by atoms with E-state index in [-0.39, 0.29) is 0 Å². The molecule has 0 N–H and O–H groups in total. The summed E-state index contributed by atoms with van der Waals surface area (Å²) in [6.45, 7) is 0. The van der Waals surface area contributed by atoms with E-state index in [4.69, 9.17) is 4.98 Å². The normalized spacial score (nSPS) is 17.7. The van der Waals surface area contributed by atoms with Crippen LogP contribution in [-0.4, -0.2) is 9.97 Å². The van der Waals surface area contributed by atoms with Gasteiger partial charge in [0.25, 0.3) is 0 Å². The second kappa shape index (κ2) is 8.30. The van der Waals surface area contributed by atoms with Crippen LogP contribution in [-0.2, 0) is 0 Å². The van der Waals surface area contributed by atoms with E-state index in [9.17, 15) is 0 Å². The SMILES string of the molecule is C1=c2/ccc(-c3ccc(-c4cnc5ccccc5c4)nc3)c/c2=C/C=C/CC/C=C/1. The van der Waals surface area contributed by atoms with Crippen LogP contribution in [0.15, 0.2) is 97.4 Å². The summed E-state index contributed by atoms with van der Waals surface area (Å²) in [5.41, 5.74) is 5.25. The predicted molar refractivity (Wildman–Crippen MR) is 126 cm³/mol. The van der Waals surface area contributed by atoms with Crippen LogP contribution >= 0.6 is 0 Å². The third-order valence-electron chi connectivity index (χ3n) is 5.39. The molecule has 0 unspecified atom stereocenters. The lowest BCUT2D eigenvalue weighted by atomic mass is 10.0. The fourth-order valence-corrected chi connectivity index (χ4v) is 3.73. The van der Waals surface area contributed by atoms with E-state index in [0.29, 0.717) is 0 Å². The Labute approximate surface area is 176 Å². The lowest BCUT2D eigenvalue weighted by molar-refractivity contribution is 1.05. The highest BCUT2D eigenvalue weighted by atomic mass is 14.7. The number of allylic oxidation sites excluding steroid dienone is 4. The first kappa shape index (κ1) is 18.3. The van der Waals surface area contributed by atoms with Gasteiger partial charge in [-0.15, -0.1) is 0 Å². The summed E-state index contributed by atoms with van der Waals surface area (Å²) in [5, 5.41) is 3.58. The average molecular weight is 386 g/mol. The zero-order valence-electron chi connectivity index (χ0n) is 16.7. The number of aromatic nitrogens is 2. The summed E-state index contributed by atoms with van der Waals surface area (Å²) in [6.07, 6.45) is 19.1. The Kier molecular flexibility index (Phi) is 5.05. The Morgan fingerprint density at radius 2 is 1.37 bits per heavy atom. The summed E-state index contributed by atoms with van der Waals surface area (Å²) in [5.74, 6) is 0. The molecule has 2 nitrogen and oxygen atoms in total. The quantitative estimate of drug-likeness (QED) is 0.459. The predicted octanol–water partition coefficient (Wildman–Crippen LogP) is 5.43. The van der Waals surface area contributed by atoms with Crippen LogP contribution in [0.5, 0.6) is 0 Å². The molecule has 4 aromatic rings. The fraction of sp³-hybridized carbons (Fsp3) is 0.0714. The van der Waals surface area contributed by atoms with Crippen molar-refractivity contribution < 1.29 is 0 Å². The Morgan fingerprint density at radius 3 is 2.20 bits per heavy atom. The van der Waals surface area contributed by atoms with Gasteiger partial charge >= 0.3 is 0 Å². The summed E-state index contributed by atoms with van der Waals surface area (Å²) in [7, 11) is 0. The van der Waals surface area contributed by atoms with E-state index >= 15 is 0 Å². The molecule has 0 saturated heterocycles. The molecule has 2 aromatic heterocycles. The molecule has 5 rings (SSSR count). The van der Waals surface area contributed by atoms with Crippen molar-refractivity contribution in [3.05, 3.63) is 108 Å². The second-order valence-electron chi connectivity index (χ2n) is 7.46. The van der Waals surface area contributed by atoms with Crippen molar-refractivity contribution in [2.75, 3.05) is 0 Å². The number of nitrogens with zero attached hydrogens (tertiary/aromatic N) is 2. The second-order valence-corrected chi connectivity index (χ2v) is 7.46. The van der Waals surface area contributed by atoms with Gasteiger partial charge in [-0.1, -0.05) is 72.9 Å². The van der Waals surface area contributed by atoms with Crippen molar-refractivity contribution >= 4 is 23.1 Å². The zero-order chi connectivity index (χ0) is 20.2. The van der Waals surface area contributed by atoms with Crippen LogP contribution in [0.1, 0.15) is 12.8 Å². The van der Waals surface area contributed by atoms with Gasteiger partial charge in [0.1, 0.15) is 0 Å². The van der Waals surface area contributed by atoms with E-state index in [0.717, 1.165) is 40.6 Å². The van der Waals surface area contributed by atoms with E-state index in [1.54, 1.807) is 0 Å². The zero-order valence-corrected chi connectivity index (χ0v) is 16.7. The fourth-order valence-electron chi connectivity index (χ4n) is 3.73. The first-order valence-electron chi connectivity index (χ1n) is 10.3. The summed E-state index contributed by atoms with van der Waals surface area (Å²) < 4.78 is 0. The molecule has 0 fully saturated rings. The summed E-state index contributed by atoms with van der Waals surface area (Å²) >= 11 is 0. The monoisotopic (exact) mass is 386 g/mol. The summed E-state index contributed by atoms with van der Waals surface area (Å²) in [4.78, 5) is 9.28. The van der Waals surface area contributed by atoms with Gasteiger partial charge in [0.05, 0.1) is 11.2 Å². The molecule has 0 radical (unpaired) electrons. The van der Waals surface area contributed by atoms with Gasteiger partial charge in [0.15, 0.2) is 0 Å². The summed E-state index contributed by atoms with van der Waals surface area (Å²) in [6, 6.07) is 21.1. The molecule has 0 atom stereocenters. The highest BCUT2D eigenvalue weighted by molar-refractivity contribution is 5.83. The van der Waals surface area contributed by atoms with Crippen molar-refractivity contribution in [1.29, 1.82) is 0 Å². The Bertz CT molecular complexity index is 1380. The molecule has 2 aromatic carbocycles. The highest BCUT2D eigenvalue weighted by Crippen LogP contribution is 2.23. The molecule has 2 heterocycles. The van der Waals surface area contributed by atoms with Crippen molar-refractivity contribution in [1.82, 2.24) is 9.97 Å². The van der Waals surface area contributed by atoms with Gasteiger partial charge < -0.3 is 0 Å². The van der Waals surface area contributed by atoms with E-state index in [1.807, 2.05) is 30.6 Å². The van der Waals surface area contributed by atoms with E-state index in [2.05, 4.69) is 83.9 Å². The molecule has 0 saturated carbocycles. The largest absolute Gasteiger partial charge is 0.256 e. The third kappa shape index (κ3) is 3.85. The number of rotatable bonds is 2. The maximum Gasteiger partial charge on any atom is 0.0718 e. The standard InChI is InChI=1S/C28H22N2/c1-2-4-6-10-22-17-23(14-13-21(22)9-5-3-1)25-15-16-28(29-19-25)26-18-24-11-7-8-12-27(24)30-20-26/h3-20H,1-2H2/b5-3+,6-4+,21-9-,22-10-. The maximum atomic E-state index is 4.72. The number of pyridine rings is 2. The third-order valence-corrected chi connectivity index (χ3v) is 5.39. The molecule has 0 amide bonds. The van der Waals surface area contributed by atoms with Gasteiger partial charge in [-0.3, -0.25) is 9.97 Å². The van der Waals surface area contributed by atoms with Crippen LogP contribution in [0, 0.1) is 0 Å². The van der Waals surface area contributed by atoms with E-state index < -0.39 is 0 Å². The van der Waals surface area contributed by atoms with Crippen LogP contribution in [0.3, 0.4) is 0 Å². The molecular weight excluding hydrogens is 364 g/mol. The van der Waals surface area contributed by atoms with E-state index in [1.165, 1.54) is 16.0 Å². The molecule has 1 aliphatic carbocycles. The minimum Gasteiger partial charge on any atom is -0.256 e. The first-order chi connectivity index (χ1) is 14.9. The molecule has 0 spiro atoms. The Balaban J connectivity index is 1.51. The van der Waals surface area contributed by atoms with Crippen molar-refractivity contribution in [2.45, 2.75) is 12.8 Å². The van der Waals surface area contributed by atoms with Crippen molar-refractivity contribution in [3.8, 4) is 22.4 Å². The number of hydrogen-bond donors (Lipinski definition) is 0. The van der Waals surface area contributed by atoms with Crippen LogP contribution in [0.25, 0.3) is 45.4 Å². The molecule has 144 valence electrons. The molecule has 2 heteroatoms. The number of hydrogen-bond acceptors (Lipinski definition) is 2. The first-order valence-corrected chi connectivity index (χ1v) is 10.3. The molecule has 1 aliphatic rings. The van der Waals surface area contributed by atoms with Gasteiger partial charge in [0.2, 0.25) is 0 Å².